The lowest BCUT2D eigenvalue weighted by Gasteiger charge is -2.16. The summed E-state index contributed by atoms with van der Waals surface area (Å²) in [6, 6.07) is 16.3. The number of carbonyl (C=O) groups is 1. The number of amides is 1. The van der Waals surface area contributed by atoms with E-state index in [1.54, 1.807) is 12.1 Å². The Kier molecular flexibility index (Phi) is 4.74. The second-order valence-corrected chi connectivity index (χ2v) is 4.65. The SMILES string of the molecule is NC(=O)C(Cc1ccccc1)NCc1ccccc1O. The van der Waals surface area contributed by atoms with Crippen LogP contribution in [0, 0.1) is 0 Å². The lowest BCUT2D eigenvalue weighted by atomic mass is 10.0. The Morgan fingerprint density at radius 2 is 1.75 bits per heavy atom. The summed E-state index contributed by atoms with van der Waals surface area (Å²) in [6.45, 7) is 0.396. The van der Waals surface area contributed by atoms with E-state index in [4.69, 9.17) is 5.73 Å². The van der Waals surface area contributed by atoms with Gasteiger partial charge in [-0.25, -0.2) is 0 Å². The Labute approximate surface area is 118 Å². The highest BCUT2D eigenvalue weighted by Crippen LogP contribution is 2.15. The molecular formula is C16H18N2O2. The van der Waals surface area contributed by atoms with Crippen LogP contribution in [0.25, 0.3) is 0 Å². The van der Waals surface area contributed by atoms with Crippen LogP contribution in [0.4, 0.5) is 0 Å². The molecule has 0 aliphatic rings. The molecule has 1 amide bonds. The number of nitrogens with two attached hydrogens (primary N) is 1. The van der Waals surface area contributed by atoms with Gasteiger partial charge in [-0.2, -0.15) is 0 Å². The molecule has 20 heavy (non-hydrogen) atoms. The van der Waals surface area contributed by atoms with Crippen molar-refractivity contribution in [1.29, 1.82) is 0 Å². The fourth-order valence-corrected chi connectivity index (χ4v) is 2.02. The van der Waals surface area contributed by atoms with Gasteiger partial charge in [0.2, 0.25) is 5.91 Å². The highest BCUT2D eigenvalue weighted by Gasteiger charge is 2.15. The second kappa shape index (κ2) is 6.73. The number of para-hydroxylation sites is 1. The summed E-state index contributed by atoms with van der Waals surface area (Å²) < 4.78 is 0. The minimum atomic E-state index is -0.461. The van der Waals surface area contributed by atoms with Crippen LogP contribution < -0.4 is 11.1 Å². The maximum absolute atomic E-state index is 11.5. The molecule has 0 radical (unpaired) electrons. The van der Waals surface area contributed by atoms with Gasteiger partial charge in [0.25, 0.3) is 0 Å². The van der Waals surface area contributed by atoms with Gasteiger partial charge in [0, 0.05) is 12.1 Å². The van der Waals surface area contributed by atoms with Gasteiger partial charge in [-0.15, -0.1) is 0 Å². The minimum absolute atomic E-state index is 0.211. The lowest BCUT2D eigenvalue weighted by Crippen LogP contribution is -2.42. The van der Waals surface area contributed by atoms with Crippen molar-refractivity contribution in [2.45, 2.75) is 19.0 Å². The minimum Gasteiger partial charge on any atom is -0.508 e. The Morgan fingerprint density at radius 1 is 1.10 bits per heavy atom. The van der Waals surface area contributed by atoms with Gasteiger partial charge in [0.15, 0.2) is 0 Å². The summed E-state index contributed by atoms with van der Waals surface area (Å²) in [5.74, 6) is -0.188. The quantitative estimate of drug-likeness (QED) is 0.746. The Hall–Kier alpha value is -2.33. The molecule has 1 unspecified atom stereocenters. The average molecular weight is 270 g/mol. The molecule has 4 heteroatoms. The molecule has 4 N–H and O–H groups in total. The van der Waals surface area contributed by atoms with E-state index in [-0.39, 0.29) is 5.75 Å². The van der Waals surface area contributed by atoms with E-state index in [9.17, 15) is 9.90 Å². The summed E-state index contributed by atoms with van der Waals surface area (Å²) in [6.07, 6.45) is 0.532. The van der Waals surface area contributed by atoms with Gasteiger partial charge in [0.1, 0.15) is 5.75 Å². The molecule has 0 aromatic heterocycles. The fourth-order valence-electron chi connectivity index (χ4n) is 2.02. The number of carbonyl (C=O) groups excluding carboxylic acids is 1. The molecular weight excluding hydrogens is 252 g/mol. The summed E-state index contributed by atoms with van der Waals surface area (Å²) in [5.41, 5.74) is 7.21. The number of primary amides is 1. The number of hydrogen-bond donors (Lipinski definition) is 3. The molecule has 0 aliphatic carbocycles. The van der Waals surface area contributed by atoms with Crippen molar-refractivity contribution in [3.8, 4) is 5.75 Å². The zero-order valence-electron chi connectivity index (χ0n) is 11.1. The van der Waals surface area contributed by atoms with E-state index in [1.807, 2.05) is 42.5 Å². The third-order valence-corrected chi connectivity index (χ3v) is 3.16. The molecule has 0 saturated heterocycles. The van der Waals surface area contributed by atoms with Crippen molar-refractivity contribution < 1.29 is 9.90 Å². The van der Waals surface area contributed by atoms with Crippen molar-refractivity contribution in [1.82, 2.24) is 5.32 Å². The predicted octanol–water partition coefficient (Wildman–Crippen LogP) is 1.58. The maximum atomic E-state index is 11.5. The first-order valence-corrected chi connectivity index (χ1v) is 6.50. The van der Waals surface area contributed by atoms with Crippen molar-refractivity contribution >= 4 is 5.91 Å². The van der Waals surface area contributed by atoms with Crippen LogP contribution >= 0.6 is 0 Å². The number of nitrogens with one attached hydrogen (secondary N) is 1. The van der Waals surface area contributed by atoms with Crippen LogP contribution in [0.15, 0.2) is 54.6 Å². The van der Waals surface area contributed by atoms with Crippen molar-refractivity contribution in [2.24, 2.45) is 5.73 Å². The highest BCUT2D eigenvalue weighted by molar-refractivity contribution is 5.80. The van der Waals surface area contributed by atoms with E-state index in [0.29, 0.717) is 13.0 Å². The summed E-state index contributed by atoms with van der Waals surface area (Å²) in [7, 11) is 0. The lowest BCUT2D eigenvalue weighted by molar-refractivity contribution is -0.120. The van der Waals surface area contributed by atoms with Crippen LogP contribution in [0.1, 0.15) is 11.1 Å². The second-order valence-electron chi connectivity index (χ2n) is 4.65. The number of hydrogen-bond acceptors (Lipinski definition) is 3. The number of aromatic hydroxyl groups is 1. The van der Waals surface area contributed by atoms with Crippen LogP contribution in [0.5, 0.6) is 5.75 Å². The molecule has 2 aromatic carbocycles. The van der Waals surface area contributed by atoms with E-state index in [2.05, 4.69) is 5.32 Å². The summed E-state index contributed by atoms with van der Waals surface area (Å²) in [5, 5.41) is 12.8. The molecule has 0 bridgehead atoms. The van der Waals surface area contributed by atoms with Crippen LogP contribution in [0.3, 0.4) is 0 Å². The highest BCUT2D eigenvalue weighted by atomic mass is 16.3. The van der Waals surface area contributed by atoms with Gasteiger partial charge < -0.3 is 16.2 Å². The molecule has 0 fully saturated rings. The first kappa shape index (κ1) is 14.1. The molecule has 104 valence electrons. The molecule has 2 rings (SSSR count). The fraction of sp³-hybridized carbons (Fsp3) is 0.188. The van der Waals surface area contributed by atoms with E-state index in [1.165, 1.54) is 0 Å². The molecule has 0 heterocycles. The van der Waals surface area contributed by atoms with Crippen LogP contribution in [0.2, 0.25) is 0 Å². The molecule has 2 aromatic rings. The third kappa shape index (κ3) is 3.83. The number of rotatable bonds is 6. The molecule has 0 saturated carbocycles. The summed E-state index contributed by atoms with van der Waals surface area (Å²) >= 11 is 0. The topological polar surface area (TPSA) is 75.4 Å². The normalized spacial score (nSPS) is 12.0. The van der Waals surface area contributed by atoms with E-state index >= 15 is 0 Å². The van der Waals surface area contributed by atoms with Gasteiger partial charge in [0.05, 0.1) is 6.04 Å². The summed E-state index contributed by atoms with van der Waals surface area (Å²) in [4.78, 5) is 11.5. The van der Waals surface area contributed by atoms with Crippen molar-refractivity contribution in [3.63, 3.8) is 0 Å². The zero-order valence-corrected chi connectivity index (χ0v) is 11.1. The largest absolute Gasteiger partial charge is 0.508 e. The van der Waals surface area contributed by atoms with Gasteiger partial charge in [-0.1, -0.05) is 48.5 Å². The Balaban J connectivity index is 2.00. The zero-order chi connectivity index (χ0) is 14.4. The maximum Gasteiger partial charge on any atom is 0.234 e. The van der Waals surface area contributed by atoms with Gasteiger partial charge >= 0.3 is 0 Å². The predicted molar refractivity (Wildman–Crippen MR) is 78.1 cm³/mol. The number of phenolic OH excluding ortho intramolecular Hbond substituents is 1. The molecule has 0 spiro atoms. The van der Waals surface area contributed by atoms with Crippen LogP contribution in [-0.2, 0) is 17.8 Å². The Bertz CT molecular complexity index is 570. The van der Waals surface area contributed by atoms with Crippen LogP contribution in [-0.4, -0.2) is 17.1 Å². The number of benzene rings is 2. The van der Waals surface area contributed by atoms with Crippen molar-refractivity contribution in [2.75, 3.05) is 0 Å². The van der Waals surface area contributed by atoms with Gasteiger partial charge in [-0.05, 0) is 18.1 Å². The van der Waals surface area contributed by atoms with Crippen molar-refractivity contribution in [3.05, 3.63) is 65.7 Å². The molecule has 0 aliphatic heterocycles. The molecule has 4 nitrogen and oxygen atoms in total. The van der Waals surface area contributed by atoms with E-state index < -0.39 is 11.9 Å². The van der Waals surface area contributed by atoms with Gasteiger partial charge in [-0.3, -0.25) is 4.79 Å². The average Bonchev–Trinajstić information content (AvgIpc) is 2.46. The Morgan fingerprint density at radius 3 is 2.40 bits per heavy atom. The smallest absolute Gasteiger partial charge is 0.234 e. The third-order valence-electron chi connectivity index (χ3n) is 3.16. The first-order chi connectivity index (χ1) is 9.66. The molecule has 1 atom stereocenters. The standard InChI is InChI=1S/C16H18N2O2/c17-16(20)14(10-12-6-2-1-3-7-12)18-11-13-8-4-5-9-15(13)19/h1-9,14,18-19H,10-11H2,(H2,17,20). The first-order valence-electron chi connectivity index (χ1n) is 6.50. The monoisotopic (exact) mass is 270 g/mol. The number of phenols is 1. The van der Waals surface area contributed by atoms with E-state index in [0.717, 1.165) is 11.1 Å².